The lowest BCUT2D eigenvalue weighted by Gasteiger charge is -2.30. The van der Waals surface area contributed by atoms with E-state index in [1.165, 1.54) is 6.92 Å². The zero-order valence-corrected chi connectivity index (χ0v) is 18.8. The molecule has 0 aliphatic rings. The van der Waals surface area contributed by atoms with Crippen LogP contribution in [0.4, 0.5) is 0 Å². The first-order chi connectivity index (χ1) is 16.0. The van der Waals surface area contributed by atoms with E-state index in [0.717, 1.165) is 11.1 Å². The van der Waals surface area contributed by atoms with Gasteiger partial charge in [-0.2, -0.15) is 0 Å². The Kier molecular flexibility index (Phi) is 6.71. The number of Topliss-reactive ketones (excluding diaryl/α,β-unsaturated/α-hetero) is 1. The number of carbonyl (C=O) groups excluding carboxylic acids is 1. The van der Waals surface area contributed by atoms with Crippen LogP contribution in [-0.2, 0) is 11.3 Å². The summed E-state index contributed by atoms with van der Waals surface area (Å²) < 4.78 is 5.57. The smallest absolute Gasteiger partial charge is 0.343 e. The first kappa shape index (κ1) is 22.5. The number of ketones is 1. The number of fused-ring (bicyclic) bond motifs is 1. The van der Waals surface area contributed by atoms with Crippen LogP contribution in [0.3, 0.4) is 0 Å². The van der Waals surface area contributed by atoms with Crippen LogP contribution in [-0.4, -0.2) is 29.4 Å². The van der Waals surface area contributed by atoms with Crippen molar-refractivity contribution in [2.75, 3.05) is 13.6 Å². The molecule has 2 atom stereocenters. The highest BCUT2D eigenvalue weighted by Crippen LogP contribution is 2.39. The second-order valence-electron chi connectivity index (χ2n) is 8.44. The Morgan fingerprint density at radius 3 is 2.21 bits per heavy atom. The molecule has 33 heavy (non-hydrogen) atoms. The van der Waals surface area contributed by atoms with Crippen molar-refractivity contribution in [3.63, 3.8) is 0 Å². The maximum atomic E-state index is 13.1. The molecule has 1 N–H and O–H groups in total. The Morgan fingerprint density at radius 1 is 0.939 bits per heavy atom. The molecule has 1 heterocycles. The largest absolute Gasteiger partial charge is 0.507 e. The van der Waals surface area contributed by atoms with Gasteiger partial charge in [-0.3, -0.25) is 4.79 Å². The van der Waals surface area contributed by atoms with Crippen LogP contribution in [0.5, 0.6) is 5.75 Å². The maximum Gasteiger partial charge on any atom is 0.343 e. The highest BCUT2D eigenvalue weighted by molar-refractivity contribution is 5.86. The summed E-state index contributed by atoms with van der Waals surface area (Å²) in [6, 6.07) is 26.3. The Morgan fingerprint density at radius 2 is 1.55 bits per heavy atom. The number of carbonyl (C=O) groups is 1. The van der Waals surface area contributed by atoms with Crippen LogP contribution in [0.25, 0.3) is 11.0 Å². The van der Waals surface area contributed by atoms with Gasteiger partial charge in [0.2, 0.25) is 0 Å². The van der Waals surface area contributed by atoms with Crippen molar-refractivity contribution < 1.29 is 14.3 Å². The van der Waals surface area contributed by atoms with E-state index in [-0.39, 0.29) is 17.1 Å². The molecule has 5 heteroatoms. The number of aromatic hydroxyl groups is 1. The van der Waals surface area contributed by atoms with Gasteiger partial charge in [0.05, 0.1) is 10.9 Å². The van der Waals surface area contributed by atoms with E-state index in [9.17, 15) is 14.7 Å². The van der Waals surface area contributed by atoms with E-state index in [2.05, 4.69) is 4.90 Å². The molecule has 5 nitrogen and oxygen atoms in total. The van der Waals surface area contributed by atoms with Gasteiger partial charge in [-0.15, -0.1) is 0 Å². The minimum atomic E-state index is -0.650. The third-order valence-corrected chi connectivity index (χ3v) is 6.02. The predicted molar refractivity (Wildman–Crippen MR) is 129 cm³/mol. The van der Waals surface area contributed by atoms with Crippen molar-refractivity contribution in [1.29, 1.82) is 0 Å². The quantitative estimate of drug-likeness (QED) is 0.391. The van der Waals surface area contributed by atoms with E-state index in [1.807, 2.05) is 67.7 Å². The first-order valence-corrected chi connectivity index (χ1v) is 11.0. The van der Waals surface area contributed by atoms with Gasteiger partial charge in [-0.25, -0.2) is 4.79 Å². The van der Waals surface area contributed by atoms with Crippen molar-refractivity contribution in [1.82, 2.24) is 4.90 Å². The maximum absolute atomic E-state index is 13.1. The molecule has 4 rings (SSSR count). The highest BCUT2D eigenvalue weighted by Gasteiger charge is 2.34. The van der Waals surface area contributed by atoms with E-state index in [1.54, 1.807) is 24.3 Å². The second kappa shape index (κ2) is 9.84. The molecular weight excluding hydrogens is 414 g/mol. The lowest BCUT2D eigenvalue weighted by Crippen LogP contribution is -2.35. The van der Waals surface area contributed by atoms with Crippen molar-refractivity contribution in [2.24, 2.45) is 5.92 Å². The lowest BCUT2D eigenvalue weighted by molar-refractivity contribution is -0.121. The molecular formula is C28H27NO4. The Labute approximate surface area is 192 Å². The number of benzene rings is 3. The number of para-hydroxylation sites is 1. The average Bonchev–Trinajstić information content (AvgIpc) is 2.81. The minimum Gasteiger partial charge on any atom is -0.507 e. The van der Waals surface area contributed by atoms with E-state index in [0.29, 0.717) is 24.1 Å². The standard InChI is InChI=1S/C28H27NO4/c1-19(30)23(18-29(2)17-20-11-5-3-6-12-20)25(21-13-7-4-8-14-21)26-27(31)22-15-9-10-16-24(22)33-28(26)32/h3-16,23,25,31H,17-18H2,1-2H3/t23-,25-/m1/s1. The van der Waals surface area contributed by atoms with Crippen LogP contribution < -0.4 is 5.63 Å². The van der Waals surface area contributed by atoms with Gasteiger partial charge in [-0.1, -0.05) is 72.8 Å². The molecule has 3 aromatic carbocycles. The summed E-state index contributed by atoms with van der Waals surface area (Å²) in [6.07, 6.45) is 0. The van der Waals surface area contributed by atoms with Gasteiger partial charge in [0.1, 0.15) is 17.1 Å². The molecule has 0 aliphatic carbocycles. The minimum absolute atomic E-state index is 0.0595. The average molecular weight is 442 g/mol. The normalized spacial score (nSPS) is 13.2. The molecule has 0 saturated heterocycles. The topological polar surface area (TPSA) is 70.8 Å². The summed E-state index contributed by atoms with van der Waals surface area (Å²) in [7, 11) is 1.95. The summed E-state index contributed by atoms with van der Waals surface area (Å²) in [6.45, 7) is 2.61. The van der Waals surface area contributed by atoms with Crippen molar-refractivity contribution in [3.05, 3.63) is 112 Å². The number of nitrogens with zero attached hydrogens (tertiary/aromatic N) is 1. The molecule has 168 valence electrons. The summed E-state index contributed by atoms with van der Waals surface area (Å²) in [5.74, 6) is -1.40. The van der Waals surface area contributed by atoms with Crippen LogP contribution in [0.1, 0.15) is 29.5 Å². The number of hydrogen-bond donors (Lipinski definition) is 1. The molecule has 0 bridgehead atoms. The molecule has 0 unspecified atom stereocenters. The van der Waals surface area contributed by atoms with E-state index in [4.69, 9.17) is 4.42 Å². The molecule has 0 fully saturated rings. The van der Waals surface area contributed by atoms with Gasteiger partial charge in [0, 0.05) is 24.9 Å². The van der Waals surface area contributed by atoms with E-state index < -0.39 is 17.5 Å². The first-order valence-electron chi connectivity index (χ1n) is 11.0. The zero-order chi connectivity index (χ0) is 23.4. The van der Waals surface area contributed by atoms with Crippen molar-refractivity contribution in [3.8, 4) is 5.75 Å². The van der Waals surface area contributed by atoms with Crippen LogP contribution >= 0.6 is 0 Å². The Balaban J connectivity index is 1.81. The van der Waals surface area contributed by atoms with E-state index >= 15 is 0 Å². The highest BCUT2D eigenvalue weighted by atomic mass is 16.4. The molecule has 0 saturated carbocycles. The fraction of sp³-hybridized carbons (Fsp3) is 0.214. The Hall–Kier alpha value is -3.70. The third kappa shape index (κ3) is 4.89. The summed E-state index contributed by atoms with van der Waals surface area (Å²) >= 11 is 0. The molecule has 4 aromatic rings. The zero-order valence-electron chi connectivity index (χ0n) is 18.8. The fourth-order valence-electron chi connectivity index (χ4n) is 4.45. The van der Waals surface area contributed by atoms with Gasteiger partial charge in [-0.05, 0) is 37.2 Å². The monoisotopic (exact) mass is 441 g/mol. The van der Waals surface area contributed by atoms with Crippen molar-refractivity contribution >= 4 is 16.8 Å². The predicted octanol–water partition coefficient (Wildman–Crippen LogP) is 4.97. The number of hydrogen-bond acceptors (Lipinski definition) is 5. The molecule has 0 aliphatic heterocycles. The molecule has 0 radical (unpaired) electrons. The Bertz CT molecular complexity index is 1300. The second-order valence-corrected chi connectivity index (χ2v) is 8.44. The number of rotatable bonds is 8. The summed E-state index contributed by atoms with van der Waals surface area (Å²) in [5, 5.41) is 11.6. The summed E-state index contributed by atoms with van der Waals surface area (Å²) in [4.78, 5) is 28.2. The van der Waals surface area contributed by atoms with Gasteiger partial charge < -0.3 is 14.4 Å². The van der Waals surface area contributed by atoms with Crippen molar-refractivity contribution in [2.45, 2.75) is 19.4 Å². The van der Waals surface area contributed by atoms with Gasteiger partial charge in [0.25, 0.3) is 0 Å². The van der Waals surface area contributed by atoms with Crippen LogP contribution in [0.15, 0.2) is 94.1 Å². The summed E-state index contributed by atoms with van der Waals surface area (Å²) in [5.41, 5.74) is 1.72. The van der Waals surface area contributed by atoms with Gasteiger partial charge >= 0.3 is 5.63 Å². The molecule has 0 spiro atoms. The molecule has 1 aromatic heterocycles. The van der Waals surface area contributed by atoms with Crippen LogP contribution in [0, 0.1) is 5.92 Å². The lowest BCUT2D eigenvalue weighted by atomic mass is 9.78. The van der Waals surface area contributed by atoms with Gasteiger partial charge in [0.15, 0.2) is 0 Å². The molecule has 0 amide bonds. The fourth-order valence-corrected chi connectivity index (χ4v) is 4.45. The SMILES string of the molecule is CC(=O)[C@@H](CN(C)Cc1ccccc1)[C@@H](c1ccccc1)c1c(O)c2ccccc2oc1=O. The third-order valence-electron chi connectivity index (χ3n) is 6.02. The van der Waals surface area contributed by atoms with Crippen LogP contribution in [0.2, 0.25) is 0 Å².